The lowest BCUT2D eigenvalue weighted by molar-refractivity contribution is -0.120. The number of nitrogens with one attached hydrogen (secondary N) is 1. The van der Waals surface area contributed by atoms with E-state index >= 15 is 0 Å². The molecule has 0 aliphatic carbocycles. The molecule has 0 bridgehead atoms. The van der Waals surface area contributed by atoms with Crippen molar-refractivity contribution in [2.24, 2.45) is 0 Å². The second-order valence-electron chi connectivity index (χ2n) is 4.54. The summed E-state index contributed by atoms with van der Waals surface area (Å²) in [5, 5.41) is 8.98. The van der Waals surface area contributed by atoms with Gasteiger partial charge in [0.25, 0.3) is 0 Å². The highest BCUT2D eigenvalue weighted by atomic mass is 32.1. The molecule has 0 unspecified atom stereocenters. The third kappa shape index (κ3) is 3.02. The predicted molar refractivity (Wildman–Crippen MR) is 72.7 cm³/mol. The number of carbonyl (C=O) groups is 1. The largest absolute Gasteiger partial charge is 0.355 e. The second-order valence-corrected chi connectivity index (χ2v) is 5.48. The van der Waals surface area contributed by atoms with Crippen LogP contribution in [0.3, 0.4) is 0 Å². The molecule has 3 heterocycles. The molecule has 1 amide bonds. The van der Waals surface area contributed by atoms with E-state index in [0.717, 1.165) is 36.0 Å². The van der Waals surface area contributed by atoms with Crippen molar-refractivity contribution in [2.45, 2.75) is 13.0 Å². The van der Waals surface area contributed by atoms with E-state index < -0.39 is 0 Å². The molecule has 0 atom stereocenters. The Labute approximate surface area is 115 Å². The number of carbonyl (C=O) groups excluding carboxylic acids is 1. The molecule has 5 nitrogen and oxygen atoms in total. The van der Waals surface area contributed by atoms with E-state index in [9.17, 15) is 4.79 Å². The van der Waals surface area contributed by atoms with Gasteiger partial charge in [-0.3, -0.25) is 9.69 Å². The molecule has 0 spiro atoms. The zero-order valence-corrected chi connectivity index (χ0v) is 11.3. The standard InChI is InChI=1S/C13H15N3O2S/c17-13-3-5-16(6-4-14-13)9-10-8-11(18-15-10)12-2-1-7-19-12/h1-2,7-8H,3-6,9H2,(H,14,17). The number of hydrogen-bond donors (Lipinski definition) is 1. The number of aromatic nitrogens is 1. The van der Waals surface area contributed by atoms with E-state index in [4.69, 9.17) is 4.52 Å². The lowest BCUT2D eigenvalue weighted by Gasteiger charge is -2.16. The average molecular weight is 277 g/mol. The van der Waals surface area contributed by atoms with Crippen LogP contribution in [0.1, 0.15) is 12.1 Å². The van der Waals surface area contributed by atoms with Gasteiger partial charge in [-0.1, -0.05) is 11.2 Å². The van der Waals surface area contributed by atoms with Crippen LogP contribution in [0.5, 0.6) is 0 Å². The first-order valence-corrected chi connectivity index (χ1v) is 7.18. The van der Waals surface area contributed by atoms with Crippen molar-refractivity contribution < 1.29 is 9.32 Å². The van der Waals surface area contributed by atoms with Gasteiger partial charge in [-0.05, 0) is 11.4 Å². The zero-order valence-electron chi connectivity index (χ0n) is 10.5. The van der Waals surface area contributed by atoms with Crippen molar-refractivity contribution >= 4 is 17.2 Å². The van der Waals surface area contributed by atoms with E-state index in [1.54, 1.807) is 11.3 Å². The highest BCUT2D eigenvalue weighted by Crippen LogP contribution is 2.25. The Balaban J connectivity index is 1.65. The average Bonchev–Trinajstić information content (AvgIpc) is 3.02. The topological polar surface area (TPSA) is 58.4 Å². The number of amides is 1. The zero-order chi connectivity index (χ0) is 13.1. The second kappa shape index (κ2) is 5.54. The third-order valence-corrected chi connectivity index (χ3v) is 4.00. The Morgan fingerprint density at radius 2 is 2.42 bits per heavy atom. The molecule has 100 valence electrons. The lowest BCUT2D eigenvalue weighted by Crippen LogP contribution is -2.28. The van der Waals surface area contributed by atoms with Crippen LogP contribution in [0.25, 0.3) is 10.6 Å². The maximum absolute atomic E-state index is 11.3. The summed E-state index contributed by atoms with van der Waals surface area (Å²) in [6, 6.07) is 5.99. The van der Waals surface area contributed by atoms with E-state index in [1.165, 1.54) is 0 Å². The summed E-state index contributed by atoms with van der Waals surface area (Å²) in [6.45, 7) is 3.05. The molecule has 19 heavy (non-hydrogen) atoms. The Hall–Kier alpha value is -1.66. The SMILES string of the molecule is O=C1CCN(Cc2cc(-c3cccs3)on2)CCN1. The molecular formula is C13H15N3O2S. The Kier molecular flexibility index (Phi) is 3.61. The fraction of sp³-hybridized carbons (Fsp3) is 0.385. The quantitative estimate of drug-likeness (QED) is 0.928. The summed E-state index contributed by atoms with van der Waals surface area (Å²) in [5.41, 5.74) is 0.915. The number of hydrogen-bond acceptors (Lipinski definition) is 5. The number of rotatable bonds is 3. The smallest absolute Gasteiger partial charge is 0.221 e. The van der Waals surface area contributed by atoms with Gasteiger partial charge in [0.2, 0.25) is 5.91 Å². The predicted octanol–water partition coefficient (Wildman–Crippen LogP) is 1.72. The van der Waals surface area contributed by atoms with Crippen LogP contribution in [0.2, 0.25) is 0 Å². The van der Waals surface area contributed by atoms with Crippen LogP contribution in [0, 0.1) is 0 Å². The van der Waals surface area contributed by atoms with E-state index in [0.29, 0.717) is 13.0 Å². The summed E-state index contributed by atoms with van der Waals surface area (Å²) >= 11 is 1.64. The minimum Gasteiger partial charge on any atom is -0.355 e. The van der Waals surface area contributed by atoms with Crippen molar-refractivity contribution in [3.05, 3.63) is 29.3 Å². The van der Waals surface area contributed by atoms with Crippen molar-refractivity contribution in [1.82, 2.24) is 15.4 Å². The molecule has 0 saturated carbocycles. The van der Waals surface area contributed by atoms with Gasteiger partial charge in [0.15, 0.2) is 5.76 Å². The van der Waals surface area contributed by atoms with E-state index in [-0.39, 0.29) is 5.91 Å². The molecule has 2 aromatic heterocycles. The highest BCUT2D eigenvalue weighted by Gasteiger charge is 2.15. The van der Waals surface area contributed by atoms with Gasteiger partial charge >= 0.3 is 0 Å². The minimum absolute atomic E-state index is 0.127. The van der Waals surface area contributed by atoms with Crippen molar-refractivity contribution in [2.75, 3.05) is 19.6 Å². The minimum atomic E-state index is 0.127. The van der Waals surface area contributed by atoms with Crippen LogP contribution in [-0.2, 0) is 11.3 Å². The van der Waals surface area contributed by atoms with Crippen LogP contribution in [-0.4, -0.2) is 35.6 Å². The van der Waals surface area contributed by atoms with E-state index in [1.807, 2.05) is 23.6 Å². The van der Waals surface area contributed by atoms with Gasteiger partial charge in [0.05, 0.1) is 10.6 Å². The maximum Gasteiger partial charge on any atom is 0.221 e. The van der Waals surface area contributed by atoms with Crippen LogP contribution < -0.4 is 5.32 Å². The monoisotopic (exact) mass is 277 g/mol. The van der Waals surface area contributed by atoms with Gasteiger partial charge in [-0.2, -0.15) is 0 Å². The molecule has 2 aromatic rings. The number of nitrogens with zero attached hydrogens (tertiary/aromatic N) is 2. The first-order chi connectivity index (χ1) is 9.31. The summed E-state index contributed by atoms with van der Waals surface area (Å²) in [6.07, 6.45) is 0.551. The summed E-state index contributed by atoms with van der Waals surface area (Å²) in [5.74, 6) is 0.941. The van der Waals surface area contributed by atoms with Gasteiger partial charge in [-0.25, -0.2) is 0 Å². The normalized spacial score (nSPS) is 17.2. The first-order valence-electron chi connectivity index (χ1n) is 6.30. The van der Waals surface area contributed by atoms with Crippen molar-refractivity contribution in [1.29, 1.82) is 0 Å². The first kappa shape index (κ1) is 12.4. The van der Waals surface area contributed by atoms with Crippen LogP contribution >= 0.6 is 11.3 Å². The Morgan fingerprint density at radius 3 is 3.26 bits per heavy atom. The van der Waals surface area contributed by atoms with Gasteiger partial charge in [0.1, 0.15) is 0 Å². The summed E-state index contributed by atoms with van der Waals surface area (Å²) in [4.78, 5) is 14.6. The third-order valence-electron chi connectivity index (χ3n) is 3.11. The molecule has 0 aromatic carbocycles. The highest BCUT2D eigenvalue weighted by molar-refractivity contribution is 7.13. The fourth-order valence-electron chi connectivity index (χ4n) is 2.12. The molecule has 6 heteroatoms. The van der Waals surface area contributed by atoms with E-state index in [2.05, 4.69) is 15.4 Å². The molecule has 1 aliphatic rings. The van der Waals surface area contributed by atoms with Crippen LogP contribution in [0.4, 0.5) is 0 Å². The van der Waals surface area contributed by atoms with Gasteiger partial charge in [-0.15, -0.1) is 11.3 Å². The molecule has 1 N–H and O–H groups in total. The van der Waals surface area contributed by atoms with Gasteiger partial charge < -0.3 is 9.84 Å². The maximum atomic E-state index is 11.3. The fourth-order valence-corrected chi connectivity index (χ4v) is 2.79. The summed E-state index contributed by atoms with van der Waals surface area (Å²) < 4.78 is 5.35. The molecule has 1 aliphatic heterocycles. The molecule has 3 rings (SSSR count). The lowest BCUT2D eigenvalue weighted by atomic mass is 10.3. The molecule has 0 radical (unpaired) electrons. The summed E-state index contributed by atoms with van der Waals surface area (Å²) in [7, 11) is 0. The number of thiophene rings is 1. The molecular weight excluding hydrogens is 262 g/mol. The van der Waals surface area contributed by atoms with Crippen molar-refractivity contribution in [3.8, 4) is 10.6 Å². The van der Waals surface area contributed by atoms with Gasteiger partial charge in [0, 0.05) is 38.7 Å². The Morgan fingerprint density at radius 1 is 1.47 bits per heavy atom. The van der Waals surface area contributed by atoms with Crippen LogP contribution in [0.15, 0.2) is 28.1 Å². The molecule has 1 fully saturated rings. The molecule has 1 saturated heterocycles. The van der Waals surface area contributed by atoms with Crippen molar-refractivity contribution in [3.63, 3.8) is 0 Å². The Bertz CT molecular complexity index is 550.